The quantitative estimate of drug-likeness (QED) is 0.177. The minimum Gasteiger partial charge on any atom is -0.378 e. The van der Waals surface area contributed by atoms with Gasteiger partial charge in [0.15, 0.2) is 0 Å². The number of anilines is 2. The van der Waals surface area contributed by atoms with Crippen molar-refractivity contribution in [3.63, 3.8) is 0 Å². The van der Waals surface area contributed by atoms with E-state index in [9.17, 15) is 9.59 Å². The summed E-state index contributed by atoms with van der Waals surface area (Å²) in [4.78, 5) is 28.5. The van der Waals surface area contributed by atoms with Gasteiger partial charge in [0.05, 0.1) is 5.69 Å². The van der Waals surface area contributed by atoms with Gasteiger partial charge in [-0.1, -0.05) is 78.7 Å². The summed E-state index contributed by atoms with van der Waals surface area (Å²) in [6.45, 7) is 18.5. The number of nitrogens with zero attached hydrogens (tertiary/aromatic N) is 3. The number of benzene rings is 1. The van der Waals surface area contributed by atoms with Crippen molar-refractivity contribution in [2.75, 3.05) is 24.3 Å². The molecule has 1 aromatic heterocycles. The average molecular weight is 641 g/mol. The Hall–Kier alpha value is -3.46. The number of nitrogens with one attached hydrogen (secondary N) is 1. The second kappa shape index (κ2) is 23.0. The number of carbonyl (C=O) groups is 2. The molecule has 5 N–H and O–H groups in total. The number of carbonyl (C=O) groups excluding carboxylic acids is 2. The predicted octanol–water partition coefficient (Wildman–Crippen LogP) is 8.89. The number of primary amides is 2. The number of aromatic nitrogens is 1. The molecule has 3 rings (SSSR count). The van der Waals surface area contributed by atoms with Gasteiger partial charge in [0, 0.05) is 37.3 Å². The van der Waals surface area contributed by atoms with Gasteiger partial charge in [0.25, 0.3) is 5.91 Å². The minimum atomic E-state index is -0.556. The Kier molecular flexibility index (Phi) is 21.2. The second-order valence-corrected chi connectivity index (χ2v) is 12.3. The summed E-state index contributed by atoms with van der Waals surface area (Å²) in [5.41, 5.74) is 16.1. The molecule has 0 saturated heterocycles. The van der Waals surface area contributed by atoms with Crippen molar-refractivity contribution in [3.8, 4) is 0 Å². The SMILES string of the molecule is CC.CCC(C)C1CCCCC1.CC\C(C)=C(C)/C=N\C(C(N)=O)=C(/C)Nc1cc(C)ns1.CN(C)c1ccc(C(N)=O)cc1. The maximum Gasteiger partial charge on any atom is 0.269 e. The monoisotopic (exact) mass is 640 g/mol. The van der Waals surface area contributed by atoms with Gasteiger partial charge < -0.3 is 21.7 Å². The molecule has 0 aliphatic heterocycles. The first-order valence-electron chi connectivity index (χ1n) is 16.3. The highest BCUT2D eigenvalue weighted by Gasteiger charge is 2.18. The van der Waals surface area contributed by atoms with Crippen LogP contribution in [-0.2, 0) is 4.79 Å². The van der Waals surface area contributed by atoms with Crippen LogP contribution in [0.3, 0.4) is 0 Å². The molecule has 252 valence electrons. The van der Waals surface area contributed by atoms with E-state index in [1.165, 1.54) is 55.6 Å². The Morgan fingerprint density at radius 3 is 2.07 bits per heavy atom. The molecule has 1 aliphatic carbocycles. The first-order valence-corrected chi connectivity index (χ1v) is 17.1. The summed E-state index contributed by atoms with van der Waals surface area (Å²) in [5, 5.41) is 3.97. The fraction of sp³-hybridized carbons (Fsp3) is 0.556. The average Bonchev–Trinajstić information content (AvgIpc) is 3.45. The van der Waals surface area contributed by atoms with E-state index >= 15 is 0 Å². The minimum absolute atomic E-state index is 0.226. The highest BCUT2D eigenvalue weighted by atomic mass is 32.1. The molecular weight excluding hydrogens is 581 g/mol. The summed E-state index contributed by atoms with van der Waals surface area (Å²) < 4.78 is 4.18. The Labute approximate surface area is 277 Å². The number of hydrogen-bond donors (Lipinski definition) is 3. The maximum atomic E-state index is 11.6. The molecule has 1 atom stereocenters. The van der Waals surface area contributed by atoms with Crippen molar-refractivity contribution < 1.29 is 9.59 Å². The predicted molar refractivity (Wildman–Crippen MR) is 196 cm³/mol. The first-order chi connectivity index (χ1) is 21.3. The summed E-state index contributed by atoms with van der Waals surface area (Å²) in [5.74, 6) is 1.11. The lowest BCUT2D eigenvalue weighted by Crippen LogP contribution is -2.16. The Balaban J connectivity index is 0.000000681. The normalized spacial score (nSPS) is 14.6. The van der Waals surface area contributed by atoms with Crippen LogP contribution in [0.1, 0.15) is 116 Å². The van der Waals surface area contributed by atoms with Crippen LogP contribution in [0.15, 0.2) is 57.9 Å². The smallest absolute Gasteiger partial charge is 0.269 e. The summed E-state index contributed by atoms with van der Waals surface area (Å²) in [7, 11) is 3.89. The number of aryl methyl sites for hydroxylation is 1. The molecule has 1 unspecified atom stereocenters. The third-order valence-electron chi connectivity index (χ3n) is 7.88. The number of allylic oxidation sites excluding steroid dienone is 3. The van der Waals surface area contributed by atoms with Gasteiger partial charge in [0.1, 0.15) is 10.7 Å². The van der Waals surface area contributed by atoms with Crippen molar-refractivity contribution in [1.82, 2.24) is 4.37 Å². The number of hydrogen-bond acceptors (Lipinski definition) is 7. The summed E-state index contributed by atoms with van der Waals surface area (Å²) in [6, 6.07) is 9.07. The van der Waals surface area contributed by atoms with E-state index in [0.29, 0.717) is 11.3 Å². The zero-order valence-corrected chi connectivity index (χ0v) is 30.6. The fourth-order valence-electron chi connectivity index (χ4n) is 4.52. The van der Waals surface area contributed by atoms with Crippen molar-refractivity contribution in [3.05, 3.63) is 64.1 Å². The van der Waals surface area contributed by atoms with Crippen molar-refractivity contribution in [2.24, 2.45) is 28.3 Å². The van der Waals surface area contributed by atoms with Gasteiger partial charge in [0.2, 0.25) is 5.91 Å². The molecule has 1 fully saturated rings. The van der Waals surface area contributed by atoms with Crippen LogP contribution in [0.5, 0.6) is 0 Å². The van der Waals surface area contributed by atoms with Gasteiger partial charge in [-0.3, -0.25) is 9.59 Å². The molecule has 8 nitrogen and oxygen atoms in total. The highest BCUT2D eigenvalue weighted by Crippen LogP contribution is 2.31. The van der Waals surface area contributed by atoms with Crippen LogP contribution in [-0.4, -0.2) is 36.5 Å². The van der Waals surface area contributed by atoms with Crippen LogP contribution in [0.25, 0.3) is 0 Å². The van der Waals surface area contributed by atoms with Crippen molar-refractivity contribution >= 4 is 40.2 Å². The molecule has 9 heteroatoms. The Morgan fingerprint density at radius 1 is 1.07 bits per heavy atom. The molecule has 1 aliphatic rings. The van der Waals surface area contributed by atoms with Gasteiger partial charge in [-0.2, -0.15) is 4.37 Å². The number of aliphatic imine (C=N–C) groups is 1. The van der Waals surface area contributed by atoms with E-state index in [2.05, 4.69) is 35.5 Å². The molecule has 0 bridgehead atoms. The number of nitrogens with two attached hydrogens (primary N) is 2. The summed E-state index contributed by atoms with van der Waals surface area (Å²) in [6.07, 6.45) is 11.5. The van der Waals surface area contributed by atoms with E-state index in [0.717, 1.165) is 40.2 Å². The molecule has 45 heavy (non-hydrogen) atoms. The van der Waals surface area contributed by atoms with Crippen molar-refractivity contribution in [2.45, 2.75) is 107 Å². The van der Waals surface area contributed by atoms with Gasteiger partial charge in [-0.25, -0.2) is 4.99 Å². The molecule has 2 aromatic rings. The largest absolute Gasteiger partial charge is 0.378 e. The molecule has 1 saturated carbocycles. The number of rotatable bonds is 10. The third-order valence-corrected chi connectivity index (χ3v) is 8.68. The van der Waals surface area contributed by atoms with Crippen LogP contribution < -0.4 is 21.7 Å². The Morgan fingerprint density at radius 2 is 1.64 bits per heavy atom. The molecule has 1 aromatic carbocycles. The zero-order chi connectivity index (χ0) is 34.5. The van der Waals surface area contributed by atoms with E-state index in [4.69, 9.17) is 11.5 Å². The topological polar surface area (TPSA) is 127 Å². The maximum absolute atomic E-state index is 11.6. The molecule has 2 amide bonds. The lowest BCUT2D eigenvalue weighted by molar-refractivity contribution is -0.114. The Bertz CT molecular complexity index is 1240. The van der Waals surface area contributed by atoms with Crippen LogP contribution >= 0.6 is 11.5 Å². The van der Waals surface area contributed by atoms with Gasteiger partial charge >= 0.3 is 0 Å². The van der Waals surface area contributed by atoms with Gasteiger partial charge in [-0.15, -0.1) is 0 Å². The lowest BCUT2D eigenvalue weighted by Gasteiger charge is -2.26. The second-order valence-electron chi connectivity index (χ2n) is 11.5. The van der Waals surface area contributed by atoms with Crippen LogP contribution in [0.2, 0.25) is 0 Å². The molecule has 0 radical (unpaired) electrons. The fourth-order valence-corrected chi connectivity index (χ4v) is 5.24. The molecular formula is C36H60N6O2S. The van der Waals surface area contributed by atoms with E-state index in [-0.39, 0.29) is 11.6 Å². The van der Waals surface area contributed by atoms with Gasteiger partial charge in [-0.05, 0) is 93.4 Å². The molecule has 0 spiro atoms. The third kappa shape index (κ3) is 16.4. The van der Waals surface area contributed by atoms with Crippen molar-refractivity contribution in [1.29, 1.82) is 0 Å². The number of amides is 2. The summed E-state index contributed by atoms with van der Waals surface area (Å²) >= 11 is 1.33. The highest BCUT2D eigenvalue weighted by molar-refractivity contribution is 7.10. The van der Waals surface area contributed by atoms with Crippen LogP contribution in [0, 0.1) is 18.8 Å². The zero-order valence-electron chi connectivity index (χ0n) is 29.8. The molecule has 1 heterocycles. The van der Waals surface area contributed by atoms with E-state index in [1.807, 2.05) is 71.8 Å². The van der Waals surface area contributed by atoms with E-state index < -0.39 is 5.91 Å². The van der Waals surface area contributed by atoms with Crippen LogP contribution in [0.4, 0.5) is 10.7 Å². The first kappa shape index (κ1) is 41.5. The standard InChI is InChI=1S/C15H22N4OS.C10H20.C9H12N2O.C2H6/c1-6-9(2)10(3)8-17-14(15(16)20)12(5)18-13-7-11(4)19-21-13;1-3-9(2)10-7-5-4-6-8-10;1-11(2)8-5-3-7(4-6-8)9(10)12;1-2/h7-8,18H,6H2,1-5H3,(H2,16,20);9-10H,3-8H2,1-2H3;3-6H,1-2H3,(H2,10,12);1-2H3/b10-9-,14-12+,17-8-;;;. The lowest BCUT2D eigenvalue weighted by atomic mass is 9.80. The van der Waals surface area contributed by atoms with E-state index in [1.54, 1.807) is 25.3 Å².